The molecular weight excluding hydrogens is 530 g/mol. The summed E-state index contributed by atoms with van der Waals surface area (Å²) in [4.78, 5) is 12.9. The number of pyridine rings is 1. The maximum Gasteiger partial charge on any atom is 0.190 e. The van der Waals surface area contributed by atoms with E-state index in [0.717, 1.165) is 70.2 Å². The van der Waals surface area contributed by atoms with Gasteiger partial charge in [0.1, 0.15) is 11.0 Å². The van der Waals surface area contributed by atoms with Crippen LogP contribution in [0.1, 0.15) is 12.0 Å². The van der Waals surface area contributed by atoms with Gasteiger partial charge in [-0.1, -0.05) is 29.8 Å². The van der Waals surface area contributed by atoms with Crippen LogP contribution in [0.2, 0.25) is 5.15 Å². The third-order valence-corrected chi connectivity index (χ3v) is 5.45. The Morgan fingerprint density at radius 1 is 1.10 bits per heavy atom. The van der Waals surface area contributed by atoms with Gasteiger partial charge in [-0.2, -0.15) is 0 Å². The predicted molar refractivity (Wildman–Crippen MR) is 137 cm³/mol. The molecule has 6 nitrogen and oxygen atoms in total. The molecule has 1 aliphatic heterocycles. The van der Waals surface area contributed by atoms with Crippen LogP contribution in [0.5, 0.6) is 0 Å². The van der Waals surface area contributed by atoms with E-state index in [4.69, 9.17) is 11.6 Å². The molecule has 1 fully saturated rings. The lowest BCUT2D eigenvalue weighted by atomic mass is 10.2. The van der Waals surface area contributed by atoms with Crippen LogP contribution in [0.15, 0.2) is 47.6 Å². The number of halogens is 3. The second-order valence-electron chi connectivity index (χ2n) is 7.30. The average Bonchev–Trinajstić information content (AvgIpc) is 2.77. The van der Waals surface area contributed by atoms with Crippen molar-refractivity contribution in [3.8, 4) is 0 Å². The van der Waals surface area contributed by atoms with Gasteiger partial charge < -0.3 is 15.5 Å². The van der Waals surface area contributed by atoms with Gasteiger partial charge >= 0.3 is 0 Å². The lowest BCUT2D eigenvalue weighted by Gasteiger charge is -2.36. The lowest BCUT2D eigenvalue weighted by molar-refractivity contribution is 0.254. The molecule has 1 saturated heterocycles. The Bertz CT molecular complexity index is 812. The Labute approximate surface area is 206 Å². The highest BCUT2D eigenvalue weighted by atomic mass is 127. The molecule has 9 heteroatoms. The largest absolute Gasteiger partial charge is 0.367 e. The summed E-state index contributed by atoms with van der Waals surface area (Å²) in [7, 11) is 1.78. The number of nitrogens with one attached hydrogen (secondary N) is 2. The van der Waals surface area contributed by atoms with E-state index in [1.54, 1.807) is 25.4 Å². The quantitative estimate of drug-likeness (QED) is 0.170. The van der Waals surface area contributed by atoms with Crippen LogP contribution >= 0.6 is 35.6 Å². The number of aromatic nitrogens is 1. The number of rotatable bonds is 8. The Morgan fingerprint density at radius 3 is 2.52 bits per heavy atom. The van der Waals surface area contributed by atoms with Gasteiger partial charge in [0, 0.05) is 52.5 Å². The SMILES string of the molecule is CN=C(NCCCN1CCN(c2ccccc2F)CC1)NCCc1ccc(Cl)nc1.I. The molecule has 2 heterocycles. The minimum atomic E-state index is -0.138. The van der Waals surface area contributed by atoms with Crippen LogP contribution in [0.25, 0.3) is 0 Å². The van der Waals surface area contributed by atoms with Crippen LogP contribution in [-0.2, 0) is 6.42 Å². The van der Waals surface area contributed by atoms with Crippen molar-refractivity contribution in [2.24, 2.45) is 4.99 Å². The van der Waals surface area contributed by atoms with E-state index in [0.29, 0.717) is 10.8 Å². The first-order valence-electron chi connectivity index (χ1n) is 10.4. The topological polar surface area (TPSA) is 55.8 Å². The molecule has 170 valence electrons. The number of aliphatic imine (C=N–C) groups is 1. The maximum absolute atomic E-state index is 13.9. The van der Waals surface area contributed by atoms with Crippen LogP contribution < -0.4 is 15.5 Å². The molecule has 3 rings (SSSR count). The number of guanidine groups is 1. The zero-order valence-corrected chi connectivity index (χ0v) is 20.9. The number of nitrogens with zero attached hydrogens (tertiary/aromatic N) is 4. The van der Waals surface area contributed by atoms with Gasteiger partial charge in [0.2, 0.25) is 0 Å². The van der Waals surface area contributed by atoms with E-state index in [2.05, 4.69) is 30.4 Å². The van der Waals surface area contributed by atoms with E-state index in [-0.39, 0.29) is 29.8 Å². The minimum Gasteiger partial charge on any atom is -0.367 e. The normalized spacial score (nSPS) is 14.8. The highest BCUT2D eigenvalue weighted by Gasteiger charge is 2.18. The molecule has 0 atom stereocenters. The summed E-state index contributed by atoms with van der Waals surface area (Å²) in [5, 5.41) is 7.20. The van der Waals surface area contributed by atoms with Gasteiger partial charge in [-0.25, -0.2) is 9.37 Å². The first-order chi connectivity index (χ1) is 14.7. The first-order valence-corrected chi connectivity index (χ1v) is 10.8. The molecule has 1 aromatic carbocycles. The number of piperazine rings is 1. The van der Waals surface area contributed by atoms with Crippen LogP contribution in [0, 0.1) is 5.82 Å². The van der Waals surface area contributed by atoms with Crippen molar-refractivity contribution < 1.29 is 4.39 Å². The van der Waals surface area contributed by atoms with Crippen molar-refractivity contribution in [3.05, 3.63) is 59.1 Å². The summed E-state index contributed by atoms with van der Waals surface area (Å²) in [5.41, 5.74) is 1.85. The van der Waals surface area contributed by atoms with E-state index in [1.807, 2.05) is 18.2 Å². The molecule has 0 bridgehead atoms. The lowest BCUT2D eigenvalue weighted by Crippen LogP contribution is -2.47. The summed E-state index contributed by atoms with van der Waals surface area (Å²) >= 11 is 5.81. The molecule has 31 heavy (non-hydrogen) atoms. The molecule has 0 spiro atoms. The smallest absolute Gasteiger partial charge is 0.190 e. The van der Waals surface area contributed by atoms with Gasteiger partial charge in [-0.05, 0) is 43.1 Å². The van der Waals surface area contributed by atoms with Gasteiger partial charge in [0.25, 0.3) is 0 Å². The molecule has 0 radical (unpaired) electrons. The van der Waals surface area contributed by atoms with Crippen LogP contribution in [-0.4, -0.2) is 68.7 Å². The fraction of sp³-hybridized carbons (Fsp3) is 0.455. The third kappa shape index (κ3) is 8.42. The van der Waals surface area contributed by atoms with Gasteiger partial charge in [-0.3, -0.25) is 9.89 Å². The monoisotopic (exact) mass is 560 g/mol. The van der Waals surface area contributed by atoms with E-state index in [9.17, 15) is 4.39 Å². The van der Waals surface area contributed by atoms with Gasteiger partial charge in [0.15, 0.2) is 5.96 Å². The molecular formula is C22H31ClFIN6. The van der Waals surface area contributed by atoms with E-state index < -0.39 is 0 Å². The molecule has 2 aromatic rings. The molecule has 0 unspecified atom stereocenters. The van der Waals surface area contributed by atoms with Crippen LogP contribution in [0.3, 0.4) is 0 Å². The Balaban J connectivity index is 0.00000341. The van der Waals surface area contributed by atoms with Crippen molar-refractivity contribution in [1.82, 2.24) is 20.5 Å². The molecule has 0 saturated carbocycles. The highest BCUT2D eigenvalue weighted by molar-refractivity contribution is 14.0. The van der Waals surface area contributed by atoms with E-state index >= 15 is 0 Å². The van der Waals surface area contributed by atoms with Crippen molar-refractivity contribution >= 4 is 47.2 Å². The zero-order valence-electron chi connectivity index (χ0n) is 17.9. The van der Waals surface area contributed by atoms with Crippen molar-refractivity contribution in [2.45, 2.75) is 12.8 Å². The molecule has 0 aliphatic carbocycles. The Kier molecular flexibility index (Phi) is 11.3. The average molecular weight is 561 g/mol. The van der Waals surface area contributed by atoms with E-state index in [1.165, 1.54) is 6.07 Å². The molecule has 1 aromatic heterocycles. The number of para-hydroxylation sites is 1. The fourth-order valence-electron chi connectivity index (χ4n) is 3.53. The minimum absolute atomic E-state index is 0. The zero-order chi connectivity index (χ0) is 21.2. The summed E-state index contributed by atoms with van der Waals surface area (Å²) in [6.07, 6.45) is 3.69. The van der Waals surface area contributed by atoms with Crippen LogP contribution in [0.4, 0.5) is 10.1 Å². The Hall–Kier alpha value is -1.65. The summed E-state index contributed by atoms with van der Waals surface area (Å²) in [6, 6.07) is 10.8. The predicted octanol–water partition coefficient (Wildman–Crippen LogP) is 3.41. The van der Waals surface area contributed by atoms with Crippen molar-refractivity contribution in [1.29, 1.82) is 0 Å². The highest BCUT2D eigenvalue weighted by Crippen LogP contribution is 2.20. The molecule has 2 N–H and O–H groups in total. The third-order valence-electron chi connectivity index (χ3n) is 5.23. The number of hydrogen-bond acceptors (Lipinski definition) is 4. The van der Waals surface area contributed by atoms with Gasteiger partial charge in [0.05, 0.1) is 5.69 Å². The first kappa shape index (κ1) is 25.6. The van der Waals surface area contributed by atoms with Gasteiger partial charge in [-0.15, -0.1) is 24.0 Å². The molecule has 0 amide bonds. The second kappa shape index (κ2) is 13.7. The fourth-order valence-corrected chi connectivity index (χ4v) is 3.64. The standard InChI is InChI=1S/C22H30ClFN6.HI/c1-25-22(27-11-9-18-7-8-21(23)28-17-18)26-10-4-12-29-13-15-30(16-14-29)20-6-3-2-5-19(20)24;/h2-3,5-8,17H,4,9-16H2,1H3,(H2,25,26,27);1H. The number of hydrogen-bond donors (Lipinski definition) is 2. The number of anilines is 1. The maximum atomic E-state index is 13.9. The van der Waals surface area contributed by atoms with Crippen molar-refractivity contribution in [2.75, 3.05) is 57.8 Å². The Morgan fingerprint density at radius 2 is 1.84 bits per heavy atom. The number of benzene rings is 1. The summed E-state index contributed by atoms with van der Waals surface area (Å²) in [5.74, 6) is 0.669. The summed E-state index contributed by atoms with van der Waals surface area (Å²) < 4.78 is 13.9. The second-order valence-corrected chi connectivity index (χ2v) is 7.69. The molecule has 1 aliphatic rings. The van der Waals surface area contributed by atoms with Crippen molar-refractivity contribution in [3.63, 3.8) is 0 Å². The summed E-state index contributed by atoms with van der Waals surface area (Å²) in [6.45, 7) is 6.28.